The molecule has 3 rings (SSSR count). The first-order chi connectivity index (χ1) is 11.6. The van der Waals surface area contributed by atoms with Gasteiger partial charge in [0.05, 0.1) is 5.01 Å². The van der Waals surface area contributed by atoms with Crippen molar-refractivity contribution in [2.45, 2.75) is 18.9 Å². The SMILES string of the molecule is Cl.Cl.NCCc1nc(C(=O)NC2CCN(c3c(F)cccc3F)C2)cs1. The van der Waals surface area contributed by atoms with E-state index in [9.17, 15) is 13.6 Å². The van der Waals surface area contributed by atoms with E-state index < -0.39 is 11.6 Å². The largest absolute Gasteiger partial charge is 0.365 e. The van der Waals surface area contributed by atoms with E-state index in [1.54, 1.807) is 10.3 Å². The quantitative estimate of drug-likeness (QED) is 0.773. The highest BCUT2D eigenvalue weighted by Crippen LogP contribution is 2.26. The summed E-state index contributed by atoms with van der Waals surface area (Å²) in [4.78, 5) is 18.1. The lowest BCUT2D eigenvalue weighted by Gasteiger charge is -2.20. The minimum atomic E-state index is -0.590. The highest BCUT2D eigenvalue weighted by molar-refractivity contribution is 7.09. The van der Waals surface area contributed by atoms with Crippen LogP contribution in [0.5, 0.6) is 0 Å². The third-order valence-electron chi connectivity index (χ3n) is 3.92. The summed E-state index contributed by atoms with van der Waals surface area (Å²) >= 11 is 1.40. The second-order valence-corrected chi connectivity index (χ2v) is 6.58. The van der Waals surface area contributed by atoms with Crippen molar-refractivity contribution in [1.29, 1.82) is 0 Å². The van der Waals surface area contributed by atoms with Crippen LogP contribution in [0, 0.1) is 11.6 Å². The molecular formula is C16H20Cl2F2N4OS. The maximum Gasteiger partial charge on any atom is 0.271 e. The number of amides is 1. The number of hydrogen-bond donors (Lipinski definition) is 2. The maximum absolute atomic E-state index is 13.8. The standard InChI is InChI=1S/C16H18F2N4OS.2ClH/c17-11-2-1-3-12(18)15(11)22-7-5-10(8-22)20-16(23)13-9-24-14(21-13)4-6-19;;/h1-3,9-10H,4-8,19H2,(H,20,23);2*1H. The zero-order valence-corrected chi connectivity index (χ0v) is 16.2. The van der Waals surface area contributed by atoms with Gasteiger partial charge in [0, 0.05) is 30.9 Å². The van der Waals surface area contributed by atoms with Gasteiger partial charge < -0.3 is 16.0 Å². The normalized spacial score (nSPS) is 16.0. The van der Waals surface area contributed by atoms with Crippen molar-refractivity contribution in [2.24, 2.45) is 5.73 Å². The van der Waals surface area contributed by atoms with E-state index in [2.05, 4.69) is 10.3 Å². The topological polar surface area (TPSA) is 71.2 Å². The zero-order valence-electron chi connectivity index (χ0n) is 13.8. The molecule has 26 heavy (non-hydrogen) atoms. The van der Waals surface area contributed by atoms with Gasteiger partial charge in [-0.1, -0.05) is 6.07 Å². The van der Waals surface area contributed by atoms with Crippen molar-refractivity contribution in [3.05, 3.63) is 45.9 Å². The highest BCUT2D eigenvalue weighted by atomic mass is 35.5. The Kier molecular flexibility index (Phi) is 8.69. The van der Waals surface area contributed by atoms with Crippen LogP contribution < -0.4 is 16.0 Å². The van der Waals surface area contributed by atoms with Crippen LogP contribution in [0.15, 0.2) is 23.6 Å². The molecule has 5 nitrogen and oxygen atoms in total. The van der Waals surface area contributed by atoms with Crippen molar-refractivity contribution in [2.75, 3.05) is 24.5 Å². The fourth-order valence-electron chi connectivity index (χ4n) is 2.79. The van der Waals surface area contributed by atoms with Gasteiger partial charge in [-0.05, 0) is 25.1 Å². The lowest BCUT2D eigenvalue weighted by Crippen LogP contribution is -2.37. The summed E-state index contributed by atoms with van der Waals surface area (Å²) in [6.07, 6.45) is 1.26. The van der Waals surface area contributed by atoms with E-state index in [1.807, 2.05) is 0 Å². The number of thiazole rings is 1. The molecule has 0 radical (unpaired) electrons. The van der Waals surface area contributed by atoms with Gasteiger partial charge in [-0.2, -0.15) is 0 Å². The number of para-hydroxylation sites is 1. The zero-order chi connectivity index (χ0) is 17.1. The van der Waals surface area contributed by atoms with Crippen LogP contribution in [0.2, 0.25) is 0 Å². The molecule has 0 bridgehead atoms. The Hall–Kier alpha value is -1.48. The average Bonchev–Trinajstić information content (AvgIpc) is 3.17. The number of hydrogen-bond acceptors (Lipinski definition) is 5. The predicted octanol–water partition coefficient (Wildman–Crippen LogP) is 2.77. The monoisotopic (exact) mass is 424 g/mol. The minimum Gasteiger partial charge on any atom is -0.365 e. The Morgan fingerprint density at radius 2 is 2.04 bits per heavy atom. The highest BCUT2D eigenvalue weighted by Gasteiger charge is 2.28. The van der Waals surface area contributed by atoms with Gasteiger partial charge >= 0.3 is 0 Å². The van der Waals surface area contributed by atoms with E-state index in [0.717, 1.165) is 5.01 Å². The third kappa shape index (κ3) is 5.03. The molecule has 1 amide bonds. The molecule has 144 valence electrons. The average molecular weight is 425 g/mol. The Morgan fingerprint density at radius 1 is 1.35 bits per heavy atom. The van der Waals surface area contributed by atoms with Crippen LogP contribution in [-0.2, 0) is 6.42 Å². The van der Waals surface area contributed by atoms with Gasteiger partial charge in [0.2, 0.25) is 0 Å². The van der Waals surface area contributed by atoms with E-state index in [0.29, 0.717) is 38.2 Å². The predicted molar refractivity (Wildman–Crippen MR) is 104 cm³/mol. The Morgan fingerprint density at radius 3 is 2.69 bits per heavy atom. The molecule has 2 heterocycles. The van der Waals surface area contributed by atoms with Crippen molar-refractivity contribution < 1.29 is 13.6 Å². The van der Waals surface area contributed by atoms with Crippen LogP contribution >= 0.6 is 36.2 Å². The summed E-state index contributed by atoms with van der Waals surface area (Å²) < 4.78 is 27.7. The first kappa shape index (κ1) is 22.6. The van der Waals surface area contributed by atoms with E-state index in [4.69, 9.17) is 5.73 Å². The molecule has 1 aromatic heterocycles. The number of rotatable bonds is 5. The van der Waals surface area contributed by atoms with Gasteiger partial charge in [0.25, 0.3) is 5.91 Å². The summed E-state index contributed by atoms with van der Waals surface area (Å²) in [5.74, 6) is -1.45. The van der Waals surface area contributed by atoms with Crippen LogP contribution in [0.1, 0.15) is 21.9 Å². The number of halogens is 4. The van der Waals surface area contributed by atoms with Crippen LogP contribution in [0.3, 0.4) is 0 Å². The molecular weight excluding hydrogens is 405 g/mol. The van der Waals surface area contributed by atoms with Crippen molar-refractivity contribution >= 4 is 47.7 Å². The number of nitrogens with zero attached hydrogens (tertiary/aromatic N) is 2. The van der Waals surface area contributed by atoms with E-state index in [1.165, 1.54) is 29.5 Å². The first-order valence-corrected chi connectivity index (χ1v) is 8.60. The summed E-state index contributed by atoms with van der Waals surface area (Å²) in [6, 6.07) is 3.64. The summed E-state index contributed by atoms with van der Waals surface area (Å²) in [6.45, 7) is 1.34. The molecule has 1 fully saturated rings. The lowest BCUT2D eigenvalue weighted by molar-refractivity contribution is 0.0936. The molecule has 1 aliphatic heterocycles. The van der Waals surface area contributed by atoms with Gasteiger partial charge in [-0.25, -0.2) is 13.8 Å². The number of aromatic nitrogens is 1. The first-order valence-electron chi connectivity index (χ1n) is 7.72. The lowest BCUT2D eigenvalue weighted by atomic mass is 10.2. The fourth-order valence-corrected chi connectivity index (χ4v) is 3.58. The van der Waals surface area contributed by atoms with Gasteiger partial charge in [-0.15, -0.1) is 36.2 Å². The molecule has 0 aliphatic carbocycles. The fraction of sp³-hybridized carbons (Fsp3) is 0.375. The molecule has 1 atom stereocenters. The van der Waals surface area contributed by atoms with E-state index in [-0.39, 0.29) is 42.5 Å². The molecule has 1 unspecified atom stereocenters. The van der Waals surface area contributed by atoms with Gasteiger partial charge in [-0.3, -0.25) is 4.79 Å². The Labute approximate surface area is 166 Å². The number of carbonyl (C=O) groups excluding carboxylic acids is 1. The van der Waals surface area contributed by atoms with Crippen LogP contribution in [0.25, 0.3) is 0 Å². The smallest absolute Gasteiger partial charge is 0.271 e. The maximum atomic E-state index is 13.8. The molecule has 1 aliphatic rings. The number of anilines is 1. The molecule has 10 heteroatoms. The minimum absolute atomic E-state index is 0. The molecule has 3 N–H and O–H groups in total. The Balaban J connectivity index is 0.00000169. The van der Waals surface area contributed by atoms with Crippen molar-refractivity contribution in [3.8, 4) is 0 Å². The number of nitrogens with two attached hydrogens (primary N) is 1. The third-order valence-corrected chi connectivity index (χ3v) is 4.83. The van der Waals surface area contributed by atoms with Crippen molar-refractivity contribution in [3.63, 3.8) is 0 Å². The van der Waals surface area contributed by atoms with E-state index >= 15 is 0 Å². The van der Waals surface area contributed by atoms with Crippen molar-refractivity contribution in [1.82, 2.24) is 10.3 Å². The summed E-state index contributed by atoms with van der Waals surface area (Å²) in [7, 11) is 0. The number of benzene rings is 1. The number of carbonyl (C=O) groups is 1. The molecule has 0 spiro atoms. The summed E-state index contributed by atoms with van der Waals surface area (Å²) in [5.41, 5.74) is 5.80. The van der Waals surface area contributed by atoms with Gasteiger partial charge in [0.1, 0.15) is 23.0 Å². The molecule has 0 saturated carbocycles. The summed E-state index contributed by atoms with van der Waals surface area (Å²) in [5, 5.41) is 5.40. The molecule has 2 aromatic rings. The van der Waals surface area contributed by atoms with Gasteiger partial charge in [0.15, 0.2) is 0 Å². The Bertz CT molecular complexity index is 727. The second-order valence-electron chi connectivity index (χ2n) is 5.64. The second kappa shape index (κ2) is 10.0. The molecule has 1 saturated heterocycles. The van der Waals surface area contributed by atoms with Crippen LogP contribution in [0.4, 0.5) is 14.5 Å². The number of nitrogens with one attached hydrogen (secondary N) is 1. The molecule has 1 aromatic carbocycles. The van der Waals surface area contributed by atoms with Crippen LogP contribution in [-0.4, -0.2) is 36.6 Å².